The van der Waals surface area contributed by atoms with Crippen molar-refractivity contribution in [1.29, 1.82) is 0 Å². The molecule has 1 heterocycles. The highest BCUT2D eigenvalue weighted by molar-refractivity contribution is 6.27. The van der Waals surface area contributed by atoms with E-state index in [0.717, 1.165) is 0 Å². The molecule has 1 atom stereocenters. The summed E-state index contributed by atoms with van der Waals surface area (Å²) in [5, 5.41) is 9.75. The number of rotatable bonds is 2. The average molecular weight is 256 g/mol. The lowest BCUT2D eigenvalue weighted by molar-refractivity contribution is 0.0950. The molecule has 1 N–H and O–H groups in total. The van der Waals surface area contributed by atoms with E-state index in [1.807, 2.05) is 0 Å². The second-order valence-electron chi connectivity index (χ2n) is 4.52. The van der Waals surface area contributed by atoms with E-state index < -0.39 is 6.10 Å². The first kappa shape index (κ1) is 11.9. The molecule has 19 heavy (non-hydrogen) atoms. The average Bonchev–Trinajstić information content (AvgIpc) is 2.89. The summed E-state index contributed by atoms with van der Waals surface area (Å²) in [6.45, 7) is 1.80. The molecular formula is C15H12O4. The van der Waals surface area contributed by atoms with Crippen LogP contribution in [0.2, 0.25) is 0 Å². The summed E-state index contributed by atoms with van der Waals surface area (Å²) < 4.78 is 5.38. The Labute approximate surface area is 109 Å². The maximum atomic E-state index is 12.3. The van der Waals surface area contributed by atoms with Crippen molar-refractivity contribution in [1.82, 2.24) is 0 Å². The van der Waals surface area contributed by atoms with Crippen molar-refractivity contribution in [2.75, 3.05) is 0 Å². The normalized spacial score (nSPS) is 15.1. The van der Waals surface area contributed by atoms with E-state index in [2.05, 4.69) is 0 Å². The Morgan fingerprint density at radius 2 is 1.74 bits per heavy atom. The summed E-state index contributed by atoms with van der Waals surface area (Å²) in [6.07, 6.45) is -0.337. The topological polar surface area (TPSA) is 67.5 Å². The van der Waals surface area contributed by atoms with Crippen molar-refractivity contribution >= 4 is 11.6 Å². The molecule has 0 amide bonds. The first-order valence-electron chi connectivity index (χ1n) is 6.13. The summed E-state index contributed by atoms with van der Waals surface area (Å²) >= 11 is 0. The Bertz CT molecular complexity index is 629. The Morgan fingerprint density at radius 1 is 1.11 bits per heavy atom. The van der Waals surface area contributed by atoms with E-state index in [9.17, 15) is 14.7 Å². The second kappa shape index (κ2) is 4.17. The lowest BCUT2D eigenvalue weighted by Crippen LogP contribution is -2.18. The van der Waals surface area contributed by atoms with Crippen LogP contribution in [0.5, 0.6) is 0 Å². The molecule has 0 fully saturated rings. The highest BCUT2D eigenvalue weighted by atomic mass is 16.4. The van der Waals surface area contributed by atoms with Gasteiger partial charge in [0.05, 0.1) is 5.56 Å². The zero-order valence-corrected chi connectivity index (χ0v) is 10.3. The molecule has 0 bridgehead atoms. The van der Waals surface area contributed by atoms with Crippen molar-refractivity contribution in [2.24, 2.45) is 0 Å². The molecule has 3 rings (SSSR count). The minimum atomic E-state index is -0.797. The van der Waals surface area contributed by atoms with E-state index in [0.29, 0.717) is 17.5 Å². The molecule has 1 aromatic carbocycles. The largest absolute Gasteiger partial charge is 0.454 e. The molecule has 1 aliphatic carbocycles. The molecule has 2 aromatic rings. The summed E-state index contributed by atoms with van der Waals surface area (Å²) in [5.41, 5.74) is 0.983. The zero-order chi connectivity index (χ0) is 13.6. The van der Waals surface area contributed by atoms with Crippen LogP contribution in [-0.4, -0.2) is 16.7 Å². The van der Waals surface area contributed by atoms with Crippen LogP contribution in [0, 0.1) is 0 Å². The van der Waals surface area contributed by atoms with E-state index >= 15 is 0 Å². The molecule has 96 valence electrons. The minimum Gasteiger partial charge on any atom is -0.454 e. The standard InChI is InChI=1S/C15H12O4/c1-2-11(16)12-7-10-13(17)8-5-3-4-6-9(8)14(18)15(10)19-12/h3-7,11,16H,2H2,1H3. The van der Waals surface area contributed by atoms with Crippen LogP contribution in [0.3, 0.4) is 0 Å². The maximum absolute atomic E-state index is 12.3. The smallest absolute Gasteiger partial charge is 0.229 e. The number of benzene rings is 1. The Morgan fingerprint density at radius 3 is 2.37 bits per heavy atom. The number of aliphatic hydroxyl groups is 1. The SMILES string of the molecule is CCC(O)c1cc2c(o1)C(=O)c1ccccc1C2=O. The number of hydrogen-bond donors (Lipinski definition) is 1. The molecule has 0 saturated carbocycles. The lowest BCUT2D eigenvalue weighted by atomic mass is 9.88. The number of carbonyl (C=O) groups excluding carboxylic acids is 2. The molecule has 0 saturated heterocycles. The van der Waals surface area contributed by atoms with Gasteiger partial charge in [0, 0.05) is 11.1 Å². The maximum Gasteiger partial charge on any atom is 0.229 e. The lowest BCUT2D eigenvalue weighted by Gasteiger charge is -2.11. The fourth-order valence-corrected chi connectivity index (χ4v) is 2.26. The number of ketones is 2. The first-order chi connectivity index (χ1) is 9.13. The highest BCUT2D eigenvalue weighted by Crippen LogP contribution is 2.32. The summed E-state index contributed by atoms with van der Waals surface area (Å²) in [5.74, 6) is -0.239. The minimum absolute atomic E-state index is 0.0335. The Balaban J connectivity index is 2.18. The van der Waals surface area contributed by atoms with Crippen molar-refractivity contribution < 1.29 is 19.1 Å². The van der Waals surface area contributed by atoms with Crippen LogP contribution in [0.1, 0.15) is 57.2 Å². The van der Waals surface area contributed by atoms with Gasteiger partial charge in [0.2, 0.25) is 5.78 Å². The summed E-state index contributed by atoms with van der Waals surface area (Å²) in [6, 6.07) is 8.13. The van der Waals surface area contributed by atoms with Crippen LogP contribution in [0.15, 0.2) is 34.7 Å². The van der Waals surface area contributed by atoms with Gasteiger partial charge in [0.25, 0.3) is 0 Å². The zero-order valence-electron chi connectivity index (χ0n) is 10.3. The van der Waals surface area contributed by atoms with Gasteiger partial charge in [-0.1, -0.05) is 31.2 Å². The van der Waals surface area contributed by atoms with E-state index in [1.54, 1.807) is 31.2 Å². The van der Waals surface area contributed by atoms with E-state index in [1.165, 1.54) is 6.07 Å². The van der Waals surface area contributed by atoms with Crippen LogP contribution in [-0.2, 0) is 0 Å². The molecule has 1 aromatic heterocycles. The Kier molecular flexibility index (Phi) is 2.61. The van der Waals surface area contributed by atoms with Gasteiger partial charge in [-0.05, 0) is 12.5 Å². The van der Waals surface area contributed by atoms with Crippen molar-refractivity contribution in [3.63, 3.8) is 0 Å². The molecular weight excluding hydrogens is 244 g/mol. The number of hydrogen-bond acceptors (Lipinski definition) is 4. The fraction of sp³-hybridized carbons (Fsp3) is 0.200. The predicted molar refractivity (Wildman–Crippen MR) is 67.3 cm³/mol. The van der Waals surface area contributed by atoms with Crippen LogP contribution in [0.4, 0.5) is 0 Å². The third-order valence-corrected chi connectivity index (χ3v) is 3.33. The molecule has 0 spiro atoms. The molecule has 4 nitrogen and oxygen atoms in total. The summed E-state index contributed by atoms with van der Waals surface area (Å²) in [4.78, 5) is 24.5. The molecule has 1 unspecified atom stereocenters. The monoisotopic (exact) mass is 256 g/mol. The number of carbonyl (C=O) groups is 2. The third kappa shape index (κ3) is 1.64. The van der Waals surface area contributed by atoms with E-state index in [4.69, 9.17) is 4.42 Å². The predicted octanol–water partition coefficient (Wildman–Crippen LogP) is 2.50. The van der Waals surface area contributed by atoms with Gasteiger partial charge in [-0.3, -0.25) is 9.59 Å². The molecule has 0 radical (unpaired) electrons. The van der Waals surface area contributed by atoms with Crippen LogP contribution in [0.25, 0.3) is 0 Å². The van der Waals surface area contributed by atoms with Crippen molar-refractivity contribution in [3.8, 4) is 0 Å². The number of fused-ring (bicyclic) bond motifs is 2. The van der Waals surface area contributed by atoms with Gasteiger partial charge in [-0.2, -0.15) is 0 Å². The van der Waals surface area contributed by atoms with Gasteiger partial charge in [-0.25, -0.2) is 0 Å². The van der Waals surface area contributed by atoms with Gasteiger partial charge in [0.1, 0.15) is 11.9 Å². The first-order valence-corrected chi connectivity index (χ1v) is 6.13. The van der Waals surface area contributed by atoms with E-state index in [-0.39, 0.29) is 28.7 Å². The highest BCUT2D eigenvalue weighted by Gasteiger charge is 2.34. The van der Waals surface area contributed by atoms with Crippen LogP contribution >= 0.6 is 0 Å². The Hall–Kier alpha value is -2.20. The van der Waals surface area contributed by atoms with Crippen LogP contribution < -0.4 is 0 Å². The second-order valence-corrected chi connectivity index (χ2v) is 4.52. The van der Waals surface area contributed by atoms with Crippen molar-refractivity contribution in [3.05, 3.63) is 58.5 Å². The van der Waals surface area contributed by atoms with Crippen molar-refractivity contribution in [2.45, 2.75) is 19.4 Å². The van der Waals surface area contributed by atoms with Gasteiger partial charge in [0.15, 0.2) is 11.5 Å². The quantitative estimate of drug-likeness (QED) is 0.765. The summed E-state index contributed by atoms with van der Waals surface area (Å²) in [7, 11) is 0. The number of aliphatic hydroxyl groups excluding tert-OH is 1. The van der Waals surface area contributed by atoms with Gasteiger partial charge >= 0.3 is 0 Å². The molecule has 4 heteroatoms. The molecule has 0 aliphatic heterocycles. The fourth-order valence-electron chi connectivity index (χ4n) is 2.26. The van der Waals surface area contributed by atoms with Gasteiger partial charge < -0.3 is 9.52 Å². The van der Waals surface area contributed by atoms with Gasteiger partial charge in [-0.15, -0.1) is 0 Å². The number of furan rings is 1. The molecule has 1 aliphatic rings. The third-order valence-electron chi connectivity index (χ3n) is 3.33.